The van der Waals surface area contributed by atoms with Crippen molar-refractivity contribution in [3.05, 3.63) is 93.8 Å². The number of benzene rings is 3. The fraction of sp³-hybridized carbons (Fsp3) is 0.222. The van der Waals surface area contributed by atoms with Crippen LogP contribution in [-0.2, 0) is 6.61 Å². The van der Waals surface area contributed by atoms with Crippen molar-refractivity contribution in [2.24, 2.45) is 5.10 Å². The number of hydrogen-bond donors (Lipinski definition) is 0. The van der Waals surface area contributed by atoms with Crippen molar-refractivity contribution in [3.63, 3.8) is 0 Å². The molecule has 0 aliphatic heterocycles. The summed E-state index contributed by atoms with van der Waals surface area (Å²) in [6.07, 6.45) is 1.54. The van der Waals surface area contributed by atoms with E-state index in [1.807, 2.05) is 26.8 Å². The first-order valence-electron chi connectivity index (χ1n) is 11.6. The fourth-order valence-electron chi connectivity index (χ4n) is 3.66. The highest BCUT2D eigenvalue weighted by Gasteiger charge is 2.19. The quantitative estimate of drug-likeness (QED) is 0.172. The Bertz CT molecular complexity index is 1610. The van der Waals surface area contributed by atoms with Gasteiger partial charge in [-0.3, -0.25) is 4.79 Å². The predicted octanol–water partition coefficient (Wildman–Crippen LogP) is 8.86. The Hall–Kier alpha value is -2.10. The van der Waals surface area contributed by atoms with Gasteiger partial charge >= 0.3 is 0 Å². The van der Waals surface area contributed by atoms with Crippen LogP contribution in [-0.4, -0.2) is 22.5 Å². The molecule has 0 radical (unpaired) electrons. The van der Waals surface area contributed by atoms with E-state index in [1.54, 1.807) is 36.4 Å². The summed E-state index contributed by atoms with van der Waals surface area (Å²) in [6.45, 7) is 6.31. The number of fused-ring (bicyclic) bond motifs is 1. The van der Waals surface area contributed by atoms with E-state index in [4.69, 9.17) is 44.3 Å². The molecule has 6 nitrogen and oxygen atoms in total. The van der Waals surface area contributed by atoms with Crippen LogP contribution in [0.25, 0.3) is 10.9 Å². The highest BCUT2D eigenvalue weighted by atomic mass is 79.9. The maximum absolute atomic E-state index is 13.4. The van der Waals surface area contributed by atoms with Crippen LogP contribution in [0.2, 0.25) is 15.1 Å². The van der Waals surface area contributed by atoms with E-state index in [0.29, 0.717) is 59.9 Å². The van der Waals surface area contributed by atoms with Gasteiger partial charge in [-0.25, -0.2) is 4.98 Å². The summed E-state index contributed by atoms with van der Waals surface area (Å²) in [4.78, 5) is 18.0. The molecular weight excluding hydrogens is 680 g/mol. The van der Waals surface area contributed by atoms with E-state index in [0.717, 1.165) is 10.0 Å². The molecular formula is C27H22Br2Cl3N3O3. The Morgan fingerprint density at radius 3 is 2.53 bits per heavy atom. The van der Waals surface area contributed by atoms with Gasteiger partial charge in [0, 0.05) is 36.0 Å². The third-order valence-corrected chi connectivity index (χ3v) is 8.03. The standard InChI is InChI=1S/C27H22Br2Cl3N3O3/c1-4-37-22-9-16(23(29)24(32)25(22)38-13-15-5-7-18(30)11-20(15)31)12-33-35-26(14(2)3)34-21-8-6-17(28)10-19(21)27(35)36/h5-12,14H,4,13H2,1-3H3. The molecule has 0 atom stereocenters. The lowest BCUT2D eigenvalue weighted by Crippen LogP contribution is -2.23. The second-order valence-corrected chi connectivity index (χ2v) is 11.5. The molecule has 0 unspecified atom stereocenters. The molecule has 38 heavy (non-hydrogen) atoms. The van der Waals surface area contributed by atoms with Gasteiger partial charge in [0.25, 0.3) is 5.56 Å². The number of ether oxygens (including phenoxy) is 2. The first-order chi connectivity index (χ1) is 18.1. The highest BCUT2D eigenvalue weighted by Crippen LogP contribution is 2.43. The Morgan fingerprint density at radius 2 is 1.84 bits per heavy atom. The largest absolute Gasteiger partial charge is 0.490 e. The van der Waals surface area contributed by atoms with Crippen molar-refractivity contribution in [2.75, 3.05) is 6.61 Å². The maximum Gasteiger partial charge on any atom is 0.282 e. The van der Waals surface area contributed by atoms with E-state index in [1.165, 1.54) is 10.9 Å². The SMILES string of the molecule is CCOc1cc(C=Nn2c(C(C)C)nc3ccc(Br)cc3c2=O)c(Br)c(Cl)c1OCc1ccc(Cl)cc1Cl. The molecule has 0 bridgehead atoms. The Morgan fingerprint density at radius 1 is 1.08 bits per heavy atom. The first-order valence-corrected chi connectivity index (χ1v) is 14.3. The number of halogens is 5. The Kier molecular flexibility index (Phi) is 9.42. The van der Waals surface area contributed by atoms with Crippen LogP contribution in [0.3, 0.4) is 0 Å². The molecule has 0 saturated carbocycles. The molecule has 4 rings (SSSR count). The van der Waals surface area contributed by atoms with Crippen LogP contribution >= 0.6 is 66.7 Å². The molecule has 198 valence electrons. The van der Waals surface area contributed by atoms with Crippen molar-refractivity contribution < 1.29 is 9.47 Å². The number of aromatic nitrogens is 2. The van der Waals surface area contributed by atoms with Crippen LogP contribution < -0.4 is 15.0 Å². The Labute approximate surface area is 251 Å². The summed E-state index contributed by atoms with van der Waals surface area (Å²) in [7, 11) is 0. The van der Waals surface area contributed by atoms with Gasteiger partial charge in [-0.15, -0.1) is 0 Å². The second kappa shape index (κ2) is 12.4. The zero-order chi connectivity index (χ0) is 27.6. The summed E-state index contributed by atoms with van der Waals surface area (Å²) in [6, 6.07) is 12.3. The van der Waals surface area contributed by atoms with E-state index in [-0.39, 0.29) is 18.1 Å². The van der Waals surface area contributed by atoms with E-state index in [2.05, 4.69) is 41.9 Å². The molecule has 0 amide bonds. The molecule has 0 spiro atoms. The third-order valence-electron chi connectivity index (χ3n) is 5.50. The van der Waals surface area contributed by atoms with Gasteiger partial charge in [-0.2, -0.15) is 9.78 Å². The van der Waals surface area contributed by atoms with Crippen LogP contribution in [0, 0.1) is 0 Å². The minimum Gasteiger partial charge on any atom is -0.490 e. The average Bonchev–Trinajstić information content (AvgIpc) is 2.87. The van der Waals surface area contributed by atoms with Crippen LogP contribution in [0.5, 0.6) is 11.5 Å². The number of hydrogen-bond acceptors (Lipinski definition) is 5. The minimum atomic E-state index is -0.275. The third kappa shape index (κ3) is 6.20. The zero-order valence-corrected chi connectivity index (χ0v) is 26.0. The normalized spacial score (nSPS) is 11.6. The van der Waals surface area contributed by atoms with E-state index < -0.39 is 0 Å². The molecule has 3 aromatic carbocycles. The minimum absolute atomic E-state index is 0.0469. The van der Waals surface area contributed by atoms with Gasteiger partial charge in [0.2, 0.25) is 0 Å². The molecule has 0 aliphatic carbocycles. The van der Waals surface area contributed by atoms with Crippen molar-refractivity contribution in [1.29, 1.82) is 0 Å². The lowest BCUT2D eigenvalue weighted by molar-refractivity contribution is 0.269. The first kappa shape index (κ1) is 28.9. The van der Waals surface area contributed by atoms with Gasteiger partial charge in [-0.1, -0.05) is 70.6 Å². The van der Waals surface area contributed by atoms with Crippen LogP contribution in [0.1, 0.15) is 43.6 Å². The summed E-state index contributed by atoms with van der Waals surface area (Å²) >= 11 is 26.0. The Balaban J connectivity index is 1.75. The lowest BCUT2D eigenvalue weighted by Gasteiger charge is -2.17. The van der Waals surface area contributed by atoms with Gasteiger partial charge in [0.15, 0.2) is 11.5 Å². The van der Waals surface area contributed by atoms with Crippen molar-refractivity contribution in [2.45, 2.75) is 33.3 Å². The molecule has 1 heterocycles. The average molecular weight is 703 g/mol. The van der Waals surface area contributed by atoms with Crippen LogP contribution in [0.15, 0.2) is 61.3 Å². The molecule has 4 aromatic rings. The van der Waals surface area contributed by atoms with Gasteiger partial charge in [-0.05, 0) is 59.3 Å². The fourth-order valence-corrected chi connectivity index (χ4v) is 5.13. The van der Waals surface area contributed by atoms with Gasteiger partial charge in [0.1, 0.15) is 17.5 Å². The second-order valence-electron chi connectivity index (χ2n) is 8.53. The monoisotopic (exact) mass is 699 g/mol. The van der Waals surface area contributed by atoms with Crippen LogP contribution in [0.4, 0.5) is 0 Å². The van der Waals surface area contributed by atoms with Crippen molar-refractivity contribution in [1.82, 2.24) is 9.66 Å². The topological polar surface area (TPSA) is 65.7 Å². The molecule has 1 aromatic heterocycles. The molecule has 0 N–H and O–H groups in total. The summed E-state index contributed by atoms with van der Waals surface area (Å²) in [5, 5.41) is 6.27. The zero-order valence-electron chi connectivity index (χ0n) is 20.6. The smallest absolute Gasteiger partial charge is 0.282 e. The van der Waals surface area contributed by atoms with Gasteiger partial charge in [0.05, 0.1) is 23.7 Å². The van der Waals surface area contributed by atoms with Crippen molar-refractivity contribution >= 4 is 83.8 Å². The molecule has 11 heteroatoms. The number of rotatable bonds is 8. The number of nitrogens with zero attached hydrogens (tertiary/aromatic N) is 3. The lowest BCUT2D eigenvalue weighted by atomic mass is 10.2. The summed E-state index contributed by atoms with van der Waals surface area (Å²) < 4.78 is 14.5. The summed E-state index contributed by atoms with van der Waals surface area (Å²) in [5.41, 5.74) is 1.67. The van der Waals surface area contributed by atoms with Crippen molar-refractivity contribution in [3.8, 4) is 11.5 Å². The molecule has 0 fully saturated rings. The predicted molar refractivity (Wildman–Crippen MR) is 162 cm³/mol. The van der Waals surface area contributed by atoms with Gasteiger partial charge < -0.3 is 9.47 Å². The van der Waals surface area contributed by atoms with E-state index >= 15 is 0 Å². The highest BCUT2D eigenvalue weighted by molar-refractivity contribution is 9.10. The van der Waals surface area contributed by atoms with E-state index in [9.17, 15) is 4.79 Å². The maximum atomic E-state index is 13.4. The molecule has 0 saturated heterocycles. The molecule has 0 aliphatic rings. The summed E-state index contributed by atoms with van der Waals surface area (Å²) in [5.74, 6) is 1.26.